The molecular formula is C15H13F2NO4S. The smallest absolute Gasteiger partial charge is 0.335 e. The first kappa shape index (κ1) is 16.9. The van der Waals surface area contributed by atoms with Crippen LogP contribution in [0.1, 0.15) is 21.5 Å². The van der Waals surface area contributed by atoms with Crippen LogP contribution in [-0.2, 0) is 10.0 Å². The van der Waals surface area contributed by atoms with Crippen molar-refractivity contribution in [1.29, 1.82) is 0 Å². The number of sulfonamides is 1. The van der Waals surface area contributed by atoms with E-state index in [2.05, 4.69) is 0 Å². The molecule has 2 rings (SSSR count). The molecule has 0 unspecified atom stereocenters. The molecule has 2 aromatic rings. The normalized spacial score (nSPS) is 11.3. The second-order valence-electron chi connectivity index (χ2n) is 4.99. The van der Waals surface area contributed by atoms with E-state index in [4.69, 9.17) is 5.11 Å². The zero-order chi connectivity index (χ0) is 17.4. The summed E-state index contributed by atoms with van der Waals surface area (Å²) >= 11 is 0. The van der Waals surface area contributed by atoms with Crippen LogP contribution in [0.4, 0.5) is 14.5 Å². The third kappa shape index (κ3) is 3.48. The Morgan fingerprint density at radius 2 is 1.74 bits per heavy atom. The molecule has 5 nitrogen and oxygen atoms in total. The van der Waals surface area contributed by atoms with Gasteiger partial charge in [0.15, 0.2) is 0 Å². The summed E-state index contributed by atoms with van der Waals surface area (Å²) < 4.78 is 54.2. The zero-order valence-electron chi connectivity index (χ0n) is 12.2. The topological polar surface area (TPSA) is 83.5 Å². The van der Waals surface area contributed by atoms with Crippen LogP contribution in [0.3, 0.4) is 0 Å². The molecule has 0 saturated carbocycles. The van der Waals surface area contributed by atoms with E-state index in [-0.39, 0.29) is 11.1 Å². The van der Waals surface area contributed by atoms with Gasteiger partial charge in [0.05, 0.1) is 11.3 Å². The highest BCUT2D eigenvalue weighted by molar-refractivity contribution is 7.92. The van der Waals surface area contributed by atoms with E-state index in [1.165, 1.54) is 13.0 Å². The number of benzene rings is 2. The maximum Gasteiger partial charge on any atom is 0.335 e. The van der Waals surface area contributed by atoms with Crippen LogP contribution in [0.2, 0.25) is 0 Å². The molecule has 0 amide bonds. The molecule has 0 bridgehead atoms. The molecule has 0 aliphatic carbocycles. The van der Waals surface area contributed by atoms with E-state index in [0.29, 0.717) is 11.6 Å². The zero-order valence-corrected chi connectivity index (χ0v) is 13.0. The van der Waals surface area contributed by atoms with E-state index >= 15 is 0 Å². The van der Waals surface area contributed by atoms with Crippen molar-refractivity contribution in [2.75, 3.05) is 4.72 Å². The van der Waals surface area contributed by atoms with Crippen molar-refractivity contribution in [3.63, 3.8) is 0 Å². The van der Waals surface area contributed by atoms with Gasteiger partial charge in [0.1, 0.15) is 16.5 Å². The summed E-state index contributed by atoms with van der Waals surface area (Å²) in [5, 5.41) is 8.84. The summed E-state index contributed by atoms with van der Waals surface area (Å²) in [5.74, 6) is -3.36. The molecule has 0 aliphatic rings. The lowest BCUT2D eigenvalue weighted by atomic mass is 10.1. The van der Waals surface area contributed by atoms with Crippen molar-refractivity contribution in [2.24, 2.45) is 0 Å². The molecule has 2 N–H and O–H groups in total. The van der Waals surface area contributed by atoms with Crippen LogP contribution in [0.5, 0.6) is 0 Å². The predicted molar refractivity (Wildman–Crippen MR) is 80.0 cm³/mol. The summed E-state index contributed by atoms with van der Waals surface area (Å²) in [4.78, 5) is 10.2. The Morgan fingerprint density at radius 1 is 1.09 bits per heavy atom. The van der Waals surface area contributed by atoms with Gasteiger partial charge in [0.2, 0.25) is 0 Å². The fourth-order valence-corrected chi connectivity index (χ4v) is 3.21. The van der Waals surface area contributed by atoms with Gasteiger partial charge >= 0.3 is 5.97 Å². The minimum atomic E-state index is -4.35. The van der Waals surface area contributed by atoms with Gasteiger partial charge in [-0.1, -0.05) is 6.07 Å². The average Bonchev–Trinajstić information content (AvgIpc) is 2.42. The molecule has 0 radical (unpaired) electrons. The third-order valence-electron chi connectivity index (χ3n) is 3.15. The van der Waals surface area contributed by atoms with Crippen LogP contribution in [-0.4, -0.2) is 19.5 Å². The number of carboxylic acid groups (broad SMARTS) is 1. The molecule has 23 heavy (non-hydrogen) atoms. The summed E-state index contributed by atoms with van der Waals surface area (Å²) in [6.45, 7) is 2.94. The lowest BCUT2D eigenvalue weighted by Crippen LogP contribution is -2.17. The van der Waals surface area contributed by atoms with E-state index < -0.39 is 38.2 Å². The lowest BCUT2D eigenvalue weighted by molar-refractivity contribution is 0.0696. The molecule has 8 heteroatoms. The highest BCUT2D eigenvalue weighted by atomic mass is 32.2. The number of carbonyl (C=O) groups is 1. The number of hydrogen-bond acceptors (Lipinski definition) is 3. The van der Waals surface area contributed by atoms with Crippen LogP contribution in [0, 0.1) is 25.5 Å². The molecule has 0 aromatic heterocycles. The van der Waals surface area contributed by atoms with Gasteiger partial charge in [0, 0.05) is 0 Å². The minimum Gasteiger partial charge on any atom is -0.478 e. The van der Waals surface area contributed by atoms with Crippen LogP contribution < -0.4 is 4.72 Å². The fraction of sp³-hybridized carbons (Fsp3) is 0.133. The highest BCUT2D eigenvalue weighted by Crippen LogP contribution is 2.26. The standard InChI is InChI=1S/C15H13F2NO4S/c1-8-3-4-13(11(16)5-8)23(21,22)18-14-9(2)6-10(15(19)20)7-12(14)17/h3-7,18H,1-2H3,(H,19,20). The molecule has 0 fully saturated rings. The van der Waals surface area contributed by atoms with E-state index in [1.807, 2.05) is 4.72 Å². The maximum absolute atomic E-state index is 14.0. The summed E-state index contributed by atoms with van der Waals surface area (Å²) in [7, 11) is -4.35. The highest BCUT2D eigenvalue weighted by Gasteiger charge is 2.22. The second kappa shape index (κ2) is 5.96. The van der Waals surface area contributed by atoms with Crippen LogP contribution in [0.25, 0.3) is 0 Å². The first-order chi connectivity index (χ1) is 10.6. The van der Waals surface area contributed by atoms with Gasteiger partial charge in [-0.25, -0.2) is 22.0 Å². The molecule has 0 heterocycles. The molecule has 0 atom stereocenters. The largest absolute Gasteiger partial charge is 0.478 e. The van der Waals surface area contributed by atoms with E-state index in [1.54, 1.807) is 6.92 Å². The summed E-state index contributed by atoms with van der Waals surface area (Å²) in [5.41, 5.74) is -0.132. The van der Waals surface area contributed by atoms with Crippen molar-refractivity contribution in [2.45, 2.75) is 18.7 Å². The van der Waals surface area contributed by atoms with Gasteiger partial charge in [-0.05, 0) is 49.2 Å². The monoisotopic (exact) mass is 341 g/mol. The predicted octanol–water partition coefficient (Wildman–Crippen LogP) is 3.08. The van der Waals surface area contributed by atoms with Crippen molar-refractivity contribution in [1.82, 2.24) is 0 Å². The second-order valence-corrected chi connectivity index (χ2v) is 6.65. The van der Waals surface area contributed by atoms with Crippen molar-refractivity contribution in [3.05, 3.63) is 58.7 Å². The van der Waals surface area contributed by atoms with E-state index in [9.17, 15) is 22.0 Å². The Balaban J connectivity index is 2.47. The van der Waals surface area contributed by atoms with Crippen molar-refractivity contribution >= 4 is 21.7 Å². The molecular weight excluding hydrogens is 328 g/mol. The summed E-state index contributed by atoms with van der Waals surface area (Å²) in [6.07, 6.45) is 0. The minimum absolute atomic E-state index is 0.0681. The Morgan fingerprint density at radius 3 is 2.26 bits per heavy atom. The Hall–Kier alpha value is -2.48. The average molecular weight is 341 g/mol. The molecule has 0 spiro atoms. The van der Waals surface area contributed by atoms with Gasteiger partial charge in [-0.3, -0.25) is 4.72 Å². The SMILES string of the molecule is Cc1ccc(S(=O)(=O)Nc2c(C)cc(C(=O)O)cc2F)c(F)c1. The van der Waals surface area contributed by atoms with Gasteiger partial charge in [-0.15, -0.1) is 0 Å². The van der Waals surface area contributed by atoms with E-state index in [0.717, 1.165) is 18.2 Å². The quantitative estimate of drug-likeness (QED) is 0.895. The first-order valence-electron chi connectivity index (χ1n) is 6.44. The number of halogens is 2. The fourth-order valence-electron chi connectivity index (χ4n) is 2.01. The van der Waals surface area contributed by atoms with Crippen LogP contribution >= 0.6 is 0 Å². The first-order valence-corrected chi connectivity index (χ1v) is 7.92. The third-order valence-corrected chi connectivity index (χ3v) is 4.53. The van der Waals surface area contributed by atoms with Crippen molar-refractivity contribution < 1.29 is 27.1 Å². The Bertz CT molecular complexity index is 871. The number of nitrogens with one attached hydrogen (secondary N) is 1. The van der Waals surface area contributed by atoms with Gasteiger partial charge in [0.25, 0.3) is 10.0 Å². The number of anilines is 1. The molecule has 122 valence electrons. The maximum atomic E-state index is 14.0. The summed E-state index contributed by atoms with van der Waals surface area (Å²) in [6, 6.07) is 5.35. The van der Waals surface area contributed by atoms with Crippen molar-refractivity contribution in [3.8, 4) is 0 Å². The number of hydrogen-bond donors (Lipinski definition) is 2. The molecule has 0 saturated heterocycles. The lowest BCUT2D eigenvalue weighted by Gasteiger charge is -2.13. The number of aryl methyl sites for hydroxylation is 2. The number of rotatable bonds is 4. The molecule has 0 aliphatic heterocycles. The number of aromatic carboxylic acids is 1. The van der Waals surface area contributed by atoms with Gasteiger partial charge in [-0.2, -0.15) is 0 Å². The number of carboxylic acids is 1. The Kier molecular flexibility index (Phi) is 4.37. The van der Waals surface area contributed by atoms with Crippen LogP contribution in [0.15, 0.2) is 35.2 Å². The molecule has 2 aromatic carbocycles. The van der Waals surface area contributed by atoms with Gasteiger partial charge < -0.3 is 5.11 Å². The Labute approximate surface area is 131 Å².